The third-order valence-electron chi connectivity index (χ3n) is 3.74. The summed E-state index contributed by atoms with van der Waals surface area (Å²) in [5.41, 5.74) is 6.19. The van der Waals surface area contributed by atoms with E-state index in [0.29, 0.717) is 6.04 Å². The van der Waals surface area contributed by atoms with Crippen LogP contribution in [0.15, 0.2) is 17.5 Å². The van der Waals surface area contributed by atoms with Crippen molar-refractivity contribution in [1.82, 2.24) is 4.90 Å². The van der Waals surface area contributed by atoms with Gasteiger partial charge in [0.25, 0.3) is 0 Å². The number of nitrogens with zero attached hydrogens (tertiary/aromatic N) is 1. The molecule has 0 aliphatic carbocycles. The van der Waals surface area contributed by atoms with Crippen LogP contribution in [0.25, 0.3) is 0 Å². The van der Waals surface area contributed by atoms with Crippen LogP contribution in [0.2, 0.25) is 0 Å². The van der Waals surface area contributed by atoms with Crippen molar-refractivity contribution >= 4 is 11.3 Å². The minimum Gasteiger partial charge on any atom is -0.326 e. The lowest BCUT2D eigenvalue weighted by atomic mass is 10.0. The van der Waals surface area contributed by atoms with Gasteiger partial charge in [-0.05, 0) is 43.7 Å². The zero-order valence-corrected chi connectivity index (χ0v) is 11.7. The molecular weight excluding hydrogens is 228 g/mol. The Labute approximate surface area is 109 Å². The molecule has 3 atom stereocenters. The van der Waals surface area contributed by atoms with Crippen molar-refractivity contribution in [3.8, 4) is 0 Å². The molecular formula is C14H24N2S. The van der Waals surface area contributed by atoms with Crippen molar-refractivity contribution in [1.29, 1.82) is 0 Å². The molecule has 2 heterocycles. The first kappa shape index (κ1) is 13.1. The molecule has 0 aromatic carbocycles. The second kappa shape index (κ2) is 5.98. The molecule has 3 unspecified atom stereocenters. The van der Waals surface area contributed by atoms with Gasteiger partial charge in [-0.2, -0.15) is 0 Å². The third kappa shape index (κ3) is 3.09. The van der Waals surface area contributed by atoms with Crippen molar-refractivity contribution in [3.05, 3.63) is 22.4 Å². The first-order valence-electron chi connectivity index (χ1n) is 6.75. The first-order valence-corrected chi connectivity index (χ1v) is 7.63. The highest BCUT2D eigenvalue weighted by Crippen LogP contribution is 2.33. The van der Waals surface area contributed by atoms with Crippen LogP contribution >= 0.6 is 11.3 Å². The lowest BCUT2D eigenvalue weighted by molar-refractivity contribution is 0.213. The van der Waals surface area contributed by atoms with E-state index in [0.717, 1.165) is 5.92 Å². The lowest BCUT2D eigenvalue weighted by Gasteiger charge is -2.30. The molecule has 2 N–H and O–H groups in total. The summed E-state index contributed by atoms with van der Waals surface area (Å²) in [4.78, 5) is 4.02. The summed E-state index contributed by atoms with van der Waals surface area (Å²) in [6, 6.07) is 5.01. The largest absolute Gasteiger partial charge is 0.326 e. The molecule has 0 spiro atoms. The predicted molar refractivity (Wildman–Crippen MR) is 75.3 cm³/mol. The number of hydrogen-bond donors (Lipinski definition) is 1. The number of thiophene rings is 1. The Balaban J connectivity index is 2.03. The first-order chi connectivity index (χ1) is 8.22. The van der Waals surface area contributed by atoms with E-state index >= 15 is 0 Å². The van der Waals surface area contributed by atoms with Gasteiger partial charge in [-0.1, -0.05) is 19.4 Å². The van der Waals surface area contributed by atoms with Crippen molar-refractivity contribution in [2.24, 2.45) is 11.7 Å². The van der Waals surface area contributed by atoms with Gasteiger partial charge in [-0.15, -0.1) is 11.3 Å². The van der Waals surface area contributed by atoms with Gasteiger partial charge in [0.1, 0.15) is 0 Å². The van der Waals surface area contributed by atoms with Gasteiger partial charge in [0.05, 0.1) is 6.04 Å². The number of likely N-dealkylation sites (tertiary alicyclic amines) is 1. The van der Waals surface area contributed by atoms with E-state index in [1.807, 2.05) is 11.3 Å². The smallest absolute Gasteiger partial charge is 0.0590 e. The molecule has 3 heteroatoms. The summed E-state index contributed by atoms with van der Waals surface area (Å²) in [6.45, 7) is 6.87. The standard InChI is InChI=1S/C14H24N2S/c1-3-5-12-7-8-16(10-12)14(11(2)15)13-6-4-9-17-13/h4,6,9,11-12,14H,3,5,7-8,10,15H2,1-2H3. The van der Waals surface area contributed by atoms with Gasteiger partial charge in [-0.25, -0.2) is 0 Å². The second-order valence-electron chi connectivity index (χ2n) is 5.26. The Hall–Kier alpha value is -0.380. The van der Waals surface area contributed by atoms with Gasteiger partial charge in [0, 0.05) is 17.5 Å². The maximum Gasteiger partial charge on any atom is 0.0590 e. The van der Waals surface area contributed by atoms with E-state index in [4.69, 9.17) is 5.73 Å². The normalized spacial score (nSPS) is 25.0. The quantitative estimate of drug-likeness (QED) is 0.871. The number of hydrogen-bond acceptors (Lipinski definition) is 3. The Kier molecular flexibility index (Phi) is 4.60. The van der Waals surface area contributed by atoms with Crippen LogP contribution in [0, 0.1) is 5.92 Å². The highest BCUT2D eigenvalue weighted by molar-refractivity contribution is 7.10. The summed E-state index contributed by atoms with van der Waals surface area (Å²) in [7, 11) is 0. The number of nitrogens with two attached hydrogens (primary N) is 1. The molecule has 1 saturated heterocycles. The van der Waals surface area contributed by atoms with E-state index in [9.17, 15) is 0 Å². The molecule has 1 aliphatic rings. The van der Waals surface area contributed by atoms with Crippen LogP contribution in [0.1, 0.15) is 44.0 Å². The summed E-state index contributed by atoms with van der Waals surface area (Å²) in [5, 5.41) is 2.16. The highest BCUT2D eigenvalue weighted by Gasteiger charge is 2.31. The zero-order valence-electron chi connectivity index (χ0n) is 10.9. The van der Waals surface area contributed by atoms with Crippen LogP contribution in [0.5, 0.6) is 0 Å². The molecule has 2 rings (SSSR count). The Morgan fingerprint density at radius 3 is 3.00 bits per heavy atom. The van der Waals surface area contributed by atoms with Gasteiger partial charge in [0.15, 0.2) is 0 Å². The molecule has 17 heavy (non-hydrogen) atoms. The molecule has 1 aromatic rings. The van der Waals surface area contributed by atoms with Crippen molar-refractivity contribution in [2.75, 3.05) is 13.1 Å². The van der Waals surface area contributed by atoms with E-state index < -0.39 is 0 Å². The van der Waals surface area contributed by atoms with Gasteiger partial charge >= 0.3 is 0 Å². The Morgan fingerprint density at radius 1 is 1.59 bits per heavy atom. The van der Waals surface area contributed by atoms with E-state index in [1.54, 1.807) is 0 Å². The van der Waals surface area contributed by atoms with Crippen molar-refractivity contribution in [2.45, 2.75) is 45.2 Å². The van der Waals surface area contributed by atoms with Crippen LogP contribution < -0.4 is 5.73 Å². The fourth-order valence-electron chi connectivity index (χ4n) is 2.99. The molecule has 0 amide bonds. The summed E-state index contributed by atoms with van der Waals surface area (Å²) >= 11 is 1.84. The molecule has 2 nitrogen and oxygen atoms in total. The van der Waals surface area contributed by atoms with Gasteiger partial charge < -0.3 is 5.73 Å². The van der Waals surface area contributed by atoms with Crippen LogP contribution in [0.3, 0.4) is 0 Å². The van der Waals surface area contributed by atoms with E-state index in [2.05, 4.69) is 36.3 Å². The fraction of sp³-hybridized carbons (Fsp3) is 0.714. The molecule has 1 aromatic heterocycles. The second-order valence-corrected chi connectivity index (χ2v) is 6.24. The van der Waals surface area contributed by atoms with E-state index in [-0.39, 0.29) is 6.04 Å². The maximum absolute atomic E-state index is 6.19. The molecule has 0 saturated carbocycles. The minimum absolute atomic E-state index is 0.217. The SMILES string of the molecule is CCCC1CCN(C(c2cccs2)C(C)N)C1. The van der Waals surface area contributed by atoms with Crippen LogP contribution in [-0.2, 0) is 0 Å². The van der Waals surface area contributed by atoms with Gasteiger partial charge in [0.2, 0.25) is 0 Å². The molecule has 1 aliphatic heterocycles. The summed E-state index contributed by atoms with van der Waals surface area (Å²) in [6.07, 6.45) is 4.02. The van der Waals surface area contributed by atoms with Crippen LogP contribution in [0.4, 0.5) is 0 Å². The summed E-state index contributed by atoms with van der Waals surface area (Å²) in [5.74, 6) is 0.890. The van der Waals surface area contributed by atoms with Crippen molar-refractivity contribution in [3.63, 3.8) is 0 Å². The highest BCUT2D eigenvalue weighted by atomic mass is 32.1. The van der Waals surface area contributed by atoms with Crippen LogP contribution in [-0.4, -0.2) is 24.0 Å². The predicted octanol–water partition coefficient (Wildman–Crippen LogP) is 3.26. The average molecular weight is 252 g/mol. The zero-order chi connectivity index (χ0) is 12.3. The topological polar surface area (TPSA) is 29.3 Å². The number of rotatable bonds is 5. The molecule has 0 radical (unpaired) electrons. The monoisotopic (exact) mass is 252 g/mol. The lowest BCUT2D eigenvalue weighted by Crippen LogP contribution is -2.37. The fourth-order valence-corrected chi connectivity index (χ4v) is 3.96. The van der Waals surface area contributed by atoms with Gasteiger partial charge in [-0.3, -0.25) is 4.90 Å². The average Bonchev–Trinajstić information content (AvgIpc) is 2.91. The third-order valence-corrected chi connectivity index (χ3v) is 4.68. The minimum atomic E-state index is 0.217. The Bertz CT molecular complexity index is 321. The van der Waals surface area contributed by atoms with Crippen molar-refractivity contribution < 1.29 is 0 Å². The summed E-state index contributed by atoms with van der Waals surface area (Å²) < 4.78 is 0. The maximum atomic E-state index is 6.19. The molecule has 96 valence electrons. The van der Waals surface area contributed by atoms with E-state index in [1.165, 1.54) is 37.2 Å². The molecule has 0 bridgehead atoms. The Morgan fingerprint density at radius 2 is 2.41 bits per heavy atom. The molecule has 1 fully saturated rings.